The second-order valence-corrected chi connectivity index (χ2v) is 5.92. The molecule has 1 aromatic heterocycles. The van der Waals surface area contributed by atoms with Crippen LogP contribution in [-0.2, 0) is 10.2 Å². The number of aryl methyl sites for hydroxylation is 1. The van der Waals surface area contributed by atoms with Crippen molar-refractivity contribution in [3.63, 3.8) is 0 Å². The molecule has 0 bridgehead atoms. The molecule has 0 amide bonds. The zero-order chi connectivity index (χ0) is 12.9. The summed E-state index contributed by atoms with van der Waals surface area (Å²) in [7, 11) is 0. The molecule has 0 saturated heterocycles. The first-order valence-electron chi connectivity index (χ1n) is 5.09. The summed E-state index contributed by atoms with van der Waals surface area (Å²) in [6.07, 6.45) is 1.44. The lowest BCUT2D eigenvalue weighted by atomic mass is 10.4. The third-order valence-corrected chi connectivity index (χ3v) is 2.48. The Morgan fingerprint density at radius 2 is 1.88 bits per heavy atom. The van der Waals surface area contributed by atoms with Gasteiger partial charge in [-0.2, -0.15) is 9.97 Å². The van der Waals surface area contributed by atoms with Crippen molar-refractivity contribution in [1.82, 2.24) is 15.0 Å². The molecule has 0 fully saturated rings. The van der Waals surface area contributed by atoms with Gasteiger partial charge in [-0.3, -0.25) is 0 Å². The first kappa shape index (κ1) is 15.0. The van der Waals surface area contributed by atoms with E-state index in [0.717, 1.165) is 13.0 Å². The van der Waals surface area contributed by atoms with Gasteiger partial charge in [0, 0.05) is 18.8 Å². The van der Waals surface area contributed by atoms with E-state index in [1.807, 2.05) is 6.92 Å². The summed E-state index contributed by atoms with van der Waals surface area (Å²) < 4.78 is -1.66. The van der Waals surface area contributed by atoms with Crippen LogP contribution in [0, 0.1) is 0 Å². The molecule has 1 rings (SSSR count). The van der Waals surface area contributed by atoms with Gasteiger partial charge in [-0.1, -0.05) is 41.7 Å². The first-order chi connectivity index (χ1) is 7.97. The molecule has 0 aliphatic carbocycles. The number of nitrogens with zero attached hydrogens (tertiary/aromatic N) is 3. The third kappa shape index (κ3) is 5.00. The molecular weight excluding hydrogens is 306 g/mol. The predicted molar refractivity (Wildman–Crippen MR) is 72.3 cm³/mol. The molecule has 1 aromatic rings. The van der Waals surface area contributed by atoms with Gasteiger partial charge in [0.1, 0.15) is 5.82 Å². The van der Waals surface area contributed by atoms with Crippen molar-refractivity contribution in [2.45, 2.75) is 23.6 Å². The van der Waals surface area contributed by atoms with Gasteiger partial charge < -0.3 is 5.32 Å². The van der Waals surface area contributed by atoms with Crippen molar-refractivity contribution in [3.05, 3.63) is 11.6 Å². The van der Waals surface area contributed by atoms with Crippen LogP contribution in [0.4, 0.5) is 5.95 Å². The summed E-state index contributed by atoms with van der Waals surface area (Å²) in [6, 6.07) is 0. The molecule has 0 unspecified atom stereocenters. The smallest absolute Gasteiger partial charge is 0.250 e. The van der Waals surface area contributed by atoms with Crippen LogP contribution in [0.3, 0.4) is 0 Å². The van der Waals surface area contributed by atoms with Crippen LogP contribution in [-0.4, -0.2) is 27.4 Å². The number of anilines is 1. The SMILES string of the molecule is CCCNc1nc(CCCl)nc(C(Cl)(Cl)Cl)n1. The maximum absolute atomic E-state index is 5.75. The van der Waals surface area contributed by atoms with Crippen molar-refractivity contribution in [1.29, 1.82) is 0 Å². The van der Waals surface area contributed by atoms with Crippen molar-refractivity contribution in [3.8, 4) is 0 Å². The van der Waals surface area contributed by atoms with Gasteiger partial charge in [0.15, 0.2) is 5.82 Å². The summed E-state index contributed by atoms with van der Waals surface area (Å²) >= 11 is 22.9. The number of nitrogens with one attached hydrogen (secondary N) is 1. The Hall–Kier alpha value is -0.0300. The summed E-state index contributed by atoms with van der Waals surface area (Å²) in [5.74, 6) is 1.42. The highest BCUT2D eigenvalue weighted by atomic mass is 35.6. The maximum atomic E-state index is 5.75. The van der Waals surface area contributed by atoms with E-state index < -0.39 is 3.79 Å². The van der Waals surface area contributed by atoms with Crippen LogP contribution in [0.25, 0.3) is 0 Å². The summed E-state index contributed by atoms with van der Waals surface area (Å²) in [6.45, 7) is 2.77. The average Bonchev–Trinajstić information content (AvgIpc) is 2.25. The Labute approximate surface area is 120 Å². The molecule has 4 nitrogen and oxygen atoms in total. The van der Waals surface area contributed by atoms with E-state index in [1.165, 1.54) is 0 Å². The second kappa shape index (κ2) is 6.78. The highest BCUT2D eigenvalue weighted by Gasteiger charge is 2.28. The van der Waals surface area contributed by atoms with Gasteiger partial charge in [0.2, 0.25) is 9.74 Å². The van der Waals surface area contributed by atoms with Crippen LogP contribution in [0.15, 0.2) is 0 Å². The van der Waals surface area contributed by atoms with Crippen LogP contribution >= 0.6 is 46.4 Å². The summed E-state index contributed by atoms with van der Waals surface area (Å²) in [5.41, 5.74) is 0. The molecule has 0 radical (unpaired) electrons. The van der Waals surface area contributed by atoms with E-state index in [1.54, 1.807) is 0 Å². The lowest BCUT2D eigenvalue weighted by molar-refractivity contribution is 0.828. The van der Waals surface area contributed by atoms with Crippen LogP contribution in [0.1, 0.15) is 25.0 Å². The predicted octanol–water partition coefficient (Wildman–Crippen LogP) is 3.30. The zero-order valence-corrected chi connectivity index (χ0v) is 12.2. The van der Waals surface area contributed by atoms with Crippen molar-refractivity contribution < 1.29 is 0 Å². The first-order valence-corrected chi connectivity index (χ1v) is 6.76. The highest BCUT2D eigenvalue weighted by molar-refractivity contribution is 6.66. The molecule has 0 spiro atoms. The highest BCUT2D eigenvalue weighted by Crippen LogP contribution is 2.36. The molecule has 17 heavy (non-hydrogen) atoms. The van der Waals surface area contributed by atoms with E-state index in [2.05, 4.69) is 20.3 Å². The van der Waals surface area contributed by atoms with Gasteiger partial charge >= 0.3 is 0 Å². The molecule has 0 aromatic carbocycles. The van der Waals surface area contributed by atoms with Gasteiger partial charge in [-0.15, -0.1) is 11.6 Å². The lowest BCUT2D eigenvalue weighted by Crippen LogP contribution is -2.15. The minimum absolute atomic E-state index is 0.108. The fraction of sp³-hybridized carbons (Fsp3) is 0.667. The summed E-state index contributed by atoms with van der Waals surface area (Å²) in [4.78, 5) is 12.3. The Balaban J connectivity index is 3.01. The van der Waals surface area contributed by atoms with Crippen LogP contribution in [0.2, 0.25) is 0 Å². The van der Waals surface area contributed by atoms with Crippen molar-refractivity contribution >= 4 is 52.4 Å². The molecule has 0 atom stereocenters. The molecule has 0 saturated carbocycles. The third-order valence-electron chi connectivity index (χ3n) is 1.79. The molecule has 0 aliphatic heterocycles. The average molecular weight is 318 g/mol. The fourth-order valence-corrected chi connectivity index (χ4v) is 1.48. The minimum Gasteiger partial charge on any atom is -0.354 e. The number of alkyl halides is 4. The Bertz CT molecular complexity index is 367. The number of halogens is 4. The summed E-state index contributed by atoms with van der Waals surface area (Å²) in [5, 5.41) is 3.02. The zero-order valence-electron chi connectivity index (χ0n) is 9.18. The Morgan fingerprint density at radius 3 is 2.41 bits per heavy atom. The second-order valence-electron chi connectivity index (χ2n) is 3.26. The Morgan fingerprint density at radius 1 is 1.18 bits per heavy atom. The number of hydrogen-bond acceptors (Lipinski definition) is 4. The van der Waals surface area contributed by atoms with Gasteiger partial charge in [0.05, 0.1) is 0 Å². The monoisotopic (exact) mass is 316 g/mol. The van der Waals surface area contributed by atoms with E-state index in [-0.39, 0.29) is 5.82 Å². The Kier molecular flexibility index (Phi) is 6.00. The van der Waals surface area contributed by atoms with E-state index >= 15 is 0 Å². The number of aromatic nitrogens is 3. The van der Waals surface area contributed by atoms with Gasteiger partial charge in [-0.25, -0.2) is 4.98 Å². The van der Waals surface area contributed by atoms with Gasteiger partial charge in [-0.05, 0) is 6.42 Å². The van der Waals surface area contributed by atoms with Crippen LogP contribution in [0.5, 0.6) is 0 Å². The molecule has 0 aliphatic rings. The lowest BCUT2D eigenvalue weighted by Gasteiger charge is -2.12. The molecular formula is C9H12Cl4N4. The fourth-order valence-electron chi connectivity index (χ4n) is 1.06. The molecule has 96 valence electrons. The number of rotatable bonds is 5. The van der Waals surface area contributed by atoms with Gasteiger partial charge in [0.25, 0.3) is 0 Å². The van der Waals surface area contributed by atoms with E-state index in [4.69, 9.17) is 46.4 Å². The molecule has 1 heterocycles. The largest absolute Gasteiger partial charge is 0.354 e. The standard InChI is InChI=1S/C9H12Cl4N4/c1-2-5-14-8-16-6(3-4-10)15-7(17-8)9(11,12)13/h2-5H2,1H3,(H,14,15,16,17). The maximum Gasteiger partial charge on any atom is 0.250 e. The minimum atomic E-state index is -1.66. The van der Waals surface area contributed by atoms with Crippen LogP contribution < -0.4 is 5.32 Å². The molecule has 8 heteroatoms. The normalized spacial score (nSPS) is 11.6. The topological polar surface area (TPSA) is 50.7 Å². The van der Waals surface area contributed by atoms with E-state index in [9.17, 15) is 0 Å². The van der Waals surface area contributed by atoms with Crippen molar-refractivity contribution in [2.75, 3.05) is 17.7 Å². The number of hydrogen-bond donors (Lipinski definition) is 1. The molecule has 1 N–H and O–H groups in total. The van der Waals surface area contributed by atoms with Crippen molar-refractivity contribution in [2.24, 2.45) is 0 Å². The quantitative estimate of drug-likeness (QED) is 0.847. The van der Waals surface area contributed by atoms with E-state index in [0.29, 0.717) is 24.1 Å².